The van der Waals surface area contributed by atoms with Crippen molar-refractivity contribution in [1.29, 1.82) is 5.26 Å². The lowest BCUT2D eigenvalue weighted by Gasteiger charge is -2.03. The molecule has 0 unspecified atom stereocenters. The van der Waals surface area contributed by atoms with E-state index >= 15 is 0 Å². The number of rotatable bonds is 4. The van der Waals surface area contributed by atoms with E-state index in [0.717, 1.165) is 28.5 Å². The standard InChI is InChI=1S/C17H12N4OS/c18-10-15-16(22)21-23-17(15)20-14-8-6-12(7-9-14)11-19-13-4-2-1-3-5-13/h1-9,11,20H,(H,21,22). The van der Waals surface area contributed by atoms with Gasteiger partial charge in [0, 0.05) is 11.9 Å². The van der Waals surface area contributed by atoms with Gasteiger partial charge in [0.2, 0.25) is 0 Å². The molecule has 1 aromatic heterocycles. The lowest BCUT2D eigenvalue weighted by molar-refractivity contribution is 1.38. The van der Waals surface area contributed by atoms with E-state index in [0.29, 0.717) is 5.00 Å². The van der Waals surface area contributed by atoms with Crippen molar-refractivity contribution in [3.63, 3.8) is 0 Å². The molecule has 23 heavy (non-hydrogen) atoms. The van der Waals surface area contributed by atoms with Gasteiger partial charge in [-0.1, -0.05) is 30.3 Å². The third kappa shape index (κ3) is 3.54. The first-order valence-electron chi connectivity index (χ1n) is 6.84. The van der Waals surface area contributed by atoms with Gasteiger partial charge in [0.25, 0.3) is 5.56 Å². The number of para-hydroxylation sites is 1. The average molecular weight is 320 g/mol. The van der Waals surface area contributed by atoms with Crippen molar-refractivity contribution in [2.75, 3.05) is 5.32 Å². The van der Waals surface area contributed by atoms with Crippen molar-refractivity contribution in [3.05, 3.63) is 76.1 Å². The molecule has 112 valence electrons. The Bertz CT molecular complexity index is 918. The van der Waals surface area contributed by atoms with Crippen LogP contribution in [0.1, 0.15) is 11.1 Å². The SMILES string of the molecule is N#Cc1c(Nc2ccc(C=Nc3ccccc3)cc2)s[nH]c1=O. The molecule has 1 heterocycles. The number of aromatic nitrogens is 1. The molecule has 5 nitrogen and oxygen atoms in total. The van der Waals surface area contributed by atoms with E-state index in [-0.39, 0.29) is 11.1 Å². The number of hydrogen-bond acceptors (Lipinski definition) is 5. The van der Waals surface area contributed by atoms with E-state index in [1.165, 1.54) is 0 Å². The van der Waals surface area contributed by atoms with Gasteiger partial charge in [0.05, 0.1) is 5.69 Å². The zero-order valence-electron chi connectivity index (χ0n) is 12.0. The van der Waals surface area contributed by atoms with Crippen LogP contribution in [0.5, 0.6) is 0 Å². The van der Waals surface area contributed by atoms with Crippen LogP contribution in [0.3, 0.4) is 0 Å². The Hall–Kier alpha value is -3.17. The predicted molar refractivity (Wildman–Crippen MR) is 93.1 cm³/mol. The zero-order valence-corrected chi connectivity index (χ0v) is 12.8. The van der Waals surface area contributed by atoms with E-state index < -0.39 is 0 Å². The number of hydrogen-bond donors (Lipinski definition) is 2. The van der Waals surface area contributed by atoms with Crippen LogP contribution in [0.25, 0.3) is 0 Å². The molecule has 0 saturated heterocycles. The number of nitrogens with one attached hydrogen (secondary N) is 2. The fraction of sp³-hybridized carbons (Fsp3) is 0. The third-order valence-electron chi connectivity index (χ3n) is 3.10. The maximum absolute atomic E-state index is 11.4. The van der Waals surface area contributed by atoms with Crippen LogP contribution in [0.15, 0.2) is 64.4 Å². The molecule has 2 N–H and O–H groups in total. The van der Waals surface area contributed by atoms with Crippen LogP contribution in [0, 0.1) is 11.3 Å². The summed E-state index contributed by atoms with van der Waals surface area (Å²) in [5, 5.41) is 12.6. The normalized spacial score (nSPS) is 10.6. The summed E-state index contributed by atoms with van der Waals surface area (Å²) in [7, 11) is 0. The summed E-state index contributed by atoms with van der Waals surface area (Å²) < 4.78 is 2.54. The molecule has 0 amide bonds. The zero-order chi connectivity index (χ0) is 16.1. The first kappa shape index (κ1) is 14.8. The first-order valence-corrected chi connectivity index (χ1v) is 7.66. The molecule has 0 bridgehead atoms. The first-order chi connectivity index (χ1) is 11.3. The summed E-state index contributed by atoms with van der Waals surface area (Å²) in [5.74, 6) is 0. The minimum atomic E-state index is -0.369. The van der Waals surface area contributed by atoms with Crippen LogP contribution in [0.2, 0.25) is 0 Å². The van der Waals surface area contributed by atoms with Crippen molar-refractivity contribution in [2.24, 2.45) is 4.99 Å². The highest BCUT2D eigenvalue weighted by molar-refractivity contribution is 7.10. The van der Waals surface area contributed by atoms with Crippen LogP contribution >= 0.6 is 11.5 Å². The van der Waals surface area contributed by atoms with Gasteiger partial charge in [-0.2, -0.15) is 5.26 Å². The van der Waals surface area contributed by atoms with Crippen LogP contribution in [-0.2, 0) is 0 Å². The number of H-pyrrole nitrogens is 1. The highest BCUT2D eigenvalue weighted by Crippen LogP contribution is 2.22. The monoisotopic (exact) mass is 320 g/mol. The number of aromatic amines is 1. The lowest BCUT2D eigenvalue weighted by Crippen LogP contribution is -2.02. The fourth-order valence-corrected chi connectivity index (χ4v) is 2.64. The van der Waals surface area contributed by atoms with E-state index in [2.05, 4.69) is 14.7 Å². The summed E-state index contributed by atoms with van der Waals surface area (Å²) in [6.07, 6.45) is 1.79. The molecule has 0 fully saturated rings. The van der Waals surface area contributed by atoms with Gasteiger partial charge in [-0.25, -0.2) is 0 Å². The molecule has 0 saturated carbocycles. The number of nitriles is 1. The number of aliphatic imine (C=N–C) groups is 1. The topological polar surface area (TPSA) is 81.0 Å². The lowest BCUT2D eigenvalue weighted by atomic mass is 10.2. The Balaban J connectivity index is 1.74. The Morgan fingerprint density at radius 2 is 1.87 bits per heavy atom. The van der Waals surface area contributed by atoms with Crippen LogP contribution < -0.4 is 10.9 Å². The van der Waals surface area contributed by atoms with E-state index in [1.807, 2.05) is 60.7 Å². The summed E-state index contributed by atoms with van der Waals surface area (Å²) in [4.78, 5) is 15.8. The highest BCUT2D eigenvalue weighted by Gasteiger charge is 2.09. The second-order valence-electron chi connectivity index (χ2n) is 4.69. The Morgan fingerprint density at radius 3 is 2.57 bits per heavy atom. The van der Waals surface area contributed by atoms with E-state index in [9.17, 15) is 4.79 Å². The van der Waals surface area contributed by atoms with Gasteiger partial charge >= 0.3 is 0 Å². The molecule has 3 aromatic rings. The Labute approximate surface area is 136 Å². The summed E-state index contributed by atoms with van der Waals surface area (Å²) in [6.45, 7) is 0. The molecule has 0 aliphatic heterocycles. The molecule has 0 spiro atoms. The molecule has 2 aromatic carbocycles. The molecule has 0 atom stereocenters. The van der Waals surface area contributed by atoms with Gasteiger partial charge in [0.1, 0.15) is 11.1 Å². The second-order valence-corrected chi connectivity index (χ2v) is 5.51. The van der Waals surface area contributed by atoms with E-state index in [1.54, 1.807) is 6.21 Å². The van der Waals surface area contributed by atoms with Gasteiger partial charge in [-0.3, -0.25) is 14.2 Å². The number of nitrogens with zero attached hydrogens (tertiary/aromatic N) is 2. The smallest absolute Gasteiger partial charge is 0.278 e. The van der Waals surface area contributed by atoms with Gasteiger partial charge in [-0.15, -0.1) is 0 Å². The maximum atomic E-state index is 11.4. The Morgan fingerprint density at radius 1 is 1.13 bits per heavy atom. The second kappa shape index (κ2) is 6.73. The summed E-state index contributed by atoms with van der Waals surface area (Å²) in [6, 6.07) is 19.2. The number of anilines is 2. The summed E-state index contributed by atoms with van der Waals surface area (Å²) in [5.41, 5.74) is 2.39. The molecule has 0 aliphatic rings. The highest BCUT2D eigenvalue weighted by atomic mass is 32.1. The van der Waals surface area contributed by atoms with Crippen molar-refractivity contribution >= 4 is 34.1 Å². The van der Waals surface area contributed by atoms with Gasteiger partial charge < -0.3 is 5.32 Å². The molecule has 0 aliphatic carbocycles. The average Bonchev–Trinajstić information content (AvgIpc) is 2.95. The molecule has 0 radical (unpaired) electrons. The molecular formula is C17H12N4OS. The van der Waals surface area contributed by atoms with Crippen molar-refractivity contribution in [1.82, 2.24) is 4.37 Å². The molecule has 3 rings (SSSR count). The maximum Gasteiger partial charge on any atom is 0.278 e. The number of benzene rings is 2. The van der Waals surface area contributed by atoms with Gasteiger partial charge in [-0.05, 0) is 41.4 Å². The minimum Gasteiger partial charge on any atom is -0.345 e. The summed E-state index contributed by atoms with van der Waals surface area (Å²) >= 11 is 1.11. The largest absolute Gasteiger partial charge is 0.345 e. The Kier molecular flexibility index (Phi) is 4.32. The molecular weight excluding hydrogens is 308 g/mol. The van der Waals surface area contributed by atoms with Crippen molar-refractivity contribution in [3.8, 4) is 6.07 Å². The van der Waals surface area contributed by atoms with Crippen LogP contribution in [0.4, 0.5) is 16.4 Å². The molecule has 6 heteroatoms. The van der Waals surface area contributed by atoms with E-state index in [4.69, 9.17) is 5.26 Å². The van der Waals surface area contributed by atoms with Crippen molar-refractivity contribution < 1.29 is 0 Å². The van der Waals surface area contributed by atoms with Crippen LogP contribution in [-0.4, -0.2) is 10.6 Å². The van der Waals surface area contributed by atoms with Gasteiger partial charge in [0.15, 0.2) is 5.56 Å². The fourth-order valence-electron chi connectivity index (χ4n) is 1.94. The quantitative estimate of drug-likeness (QED) is 0.717. The van der Waals surface area contributed by atoms with Crippen molar-refractivity contribution in [2.45, 2.75) is 0 Å². The predicted octanol–water partition coefficient (Wildman–Crippen LogP) is 3.80. The third-order valence-corrected chi connectivity index (χ3v) is 3.90. The minimum absolute atomic E-state index is 0.102.